The average molecular weight is 409 g/mol. The monoisotopic (exact) mass is 409 g/mol. The van der Waals surface area contributed by atoms with Gasteiger partial charge in [0.15, 0.2) is 5.43 Å². The molecule has 0 spiro atoms. The lowest BCUT2D eigenvalue weighted by Gasteiger charge is -2.25. The summed E-state index contributed by atoms with van der Waals surface area (Å²) < 4.78 is 6.03. The van der Waals surface area contributed by atoms with Gasteiger partial charge in [-0.15, -0.1) is 0 Å². The molecule has 2 heterocycles. The summed E-state index contributed by atoms with van der Waals surface area (Å²) in [5.74, 6) is -0.157. The SMILES string of the molecule is CCc1ccc(N2C(=O)c3oc4ccc(C)cc4c(=O)c3C2c2ccc(C)cc2)cc1. The van der Waals surface area contributed by atoms with Crippen LogP contribution in [0, 0.1) is 13.8 Å². The molecule has 4 heteroatoms. The van der Waals surface area contributed by atoms with E-state index >= 15 is 0 Å². The number of benzene rings is 3. The maximum atomic E-state index is 13.6. The van der Waals surface area contributed by atoms with Crippen molar-refractivity contribution < 1.29 is 9.21 Å². The second-order valence-electron chi connectivity index (χ2n) is 8.18. The van der Waals surface area contributed by atoms with E-state index in [0.717, 1.165) is 28.8 Å². The van der Waals surface area contributed by atoms with Crippen molar-refractivity contribution in [3.8, 4) is 0 Å². The first-order valence-electron chi connectivity index (χ1n) is 10.5. The second-order valence-corrected chi connectivity index (χ2v) is 8.18. The van der Waals surface area contributed by atoms with E-state index in [0.29, 0.717) is 16.5 Å². The van der Waals surface area contributed by atoms with Crippen molar-refractivity contribution in [1.82, 2.24) is 0 Å². The fourth-order valence-corrected chi connectivity index (χ4v) is 4.31. The first-order chi connectivity index (χ1) is 15.0. The van der Waals surface area contributed by atoms with Crippen LogP contribution < -0.4 is 10.3 Å². The minimum Gasteiger partial charge on any atom is -0.450 e. The van der Waals surface area contributed by atoms with Crippen LogP contribution >= 0.6 is 0 Å². The van der Waals surface area contributed by atoms with Crippen LogP contribution in [0.3, 0.4) is 0 Å². The average Bonchev–Trinajstić information content (AvgIpc) is 3.07. The van der Waals surface area contributed by atoms with E-state index < -0.39 is 6.04 Å². The van der Waals surface area contributed by atoms with Crippen LogP contribution in [0.5, 0.6) is 0 Å². The van der Waals surface area contributed by atoms with Gasteiger partial charge in [0, 0.05) is 5.69 Å². The Kier molecular flexibility index (Phi) is 4.51. The number of carbonyl (C=O) groups excluding carboxylic acids is 1. The predicted molar refractivity (Wildman–Crippen MR) is 123 cm³/mol. The number of nitrogens with zero attached hydrogens (tertiary/aromatic N) is 1. The van der Waals surface area contributed by atoms with Gasteiger partial charge in [0.05, 0.1) is 17.0 Å². The molecule has 0 N–H and O–H groups in total. The Hall–Kier alpha value is -3.66. The second kappa shape index (κ2) is 7.24. The lowest BCUT2D eigenvalue weighted by Crippen LogP contribution is -2.29. The van der Waals surface area contributed by atoms with E-state index in [2.05, 4.69) is 6.92 Å². The van der Waals surface area contributed by atoms with Crippen molar-refractivity contribution in [1.29, 1.82) is 0 Å². The smallest absolute Gasteiger partial charge is 0.295 e. The number of hydrogen-bond donors (Lipinski definition) is 0. The summed E-state index contributed by atoms with van der Waals surface area (Å²) in [7, 11) is 0. The normalized spacial score (nSPS) is 15.5. The van der Waals surface area contributed by atoms with E-state index in [-0.39, 0.29) is 17.1 Å². The van der Waals surface area contributed by atoms with Gasteiger partial charge < -0.3 is 4.42 Å². The maximum Gasteiger partial charge on any atom is 0.295 e. The first-order valence-corrected chi connectivity index (χ1v) is 10.5. The predicted octanol–water partition coefficient (Wildman–Crippen LogP) is 5.72. The molecule has 0 radical (unpaired) electrons. The molecule has 4 nitrogen and oxygen atoms in total. The minimum atomic E-state index is -0.531. The molecule has 0 fully saturated rings. The lowest BCUT2D eigenvalue weighted by atomic mass is 9.97. The minimum absolute atomic E-state index is 0.131. The van der Waals surface area contributed by atoms with Crippen LogP contribution in [-0.2, 0) is 6.42 Å². The van der Waals surface area contributed by atoms with Crippen LogP contribution in [0.4, 0.5) is 5.69 Å². The molecule has 0 bridgehead atoms. The Labute approximate surface area is 180 Å². The first kappa shape index (κ1) is 19.3. The van der Waals surface area contributed by atoms with Crippen LogP contribution in [0.15, 0.2) is 75.9 Å². The number of rotatable bonds is 3. The van der Waals surface area contributed by atoms with Gasteiger partial charge >= 0.3 is 0 Å². The Bertz CT molecular complexity index is 1370. The summed E-state index contributed by atoms with van der Waals surface area (Å²) in [6.07, 6.45) is 0.917. The molecule has 4 aromatic rings. The quantitative estimate of drug-likeness (QED) is 0.435. The molecule has 1 atom stereocenters. The van der Waals surface area contributed by atoms with Gasteiger partial charge in [0.2, 0.25) is 5.76 Å². The Morgan fingerprint density at radius 1 is 0.871 bits per heavy atom. The van der Waals surface area contributed by atoms with Gasteiger partial charge in [0.1, 0.15) is 5.58 Å². The van der Waals surface area contributed by atoms with Crippen molar-refractivity contribution in [2.24, 2.45) is 0 Å². The highest BCUT2D eigenvalue weighted by Crippen LogP contribution is 2.41. The zero-order valence-electron chi connectivity index (χ0n) is 17.8. The highest BCUT2D eigenvalue weighted by atomic mass is 16.3. The van der Waals surface area contributed by atoms with Crippen molar-refractivity contribution in [3.63, 3.8) is 0 Å². The fraction of sp³-hybridized carbons (Fsp3) is 0.185. The largest absolute Gasteiger partial charge is 0.450 e. The van der Waals surface area contributed by atoms with Crippen LogP contribution in [0.25, 0.3) is 11.0 Å². The van der Waals surface area contributed by atoms with Gasteiger partial charge in [-0.25, -0.2) is 0 Å². The van der Waals surface area contributed by atoms with E-state index in [9.17, 15) is 9.59 Å². The third-order valence-electron chi connectivity index (χ3n) is 6.04. The third-order valence-corrected chi connectivity index (χ3v) is 6.04. The molecule has 154 valence electrons. The van der Waals surface area contributed by atoms with Crippen LogP contribution in [0.1, 0.15) is 51.3 Å². The van der Waals surface area contributed by atoms with Gasteiger partial charge in [-0.1, -0.05) is 60.5 Å². The Balaban J connectivity index is 1.78. The molecule has 1 aliphatic rings. The zero-order chi connectivity index (χ0) is 21.7. The molecule has 1 aliphatic heterocycles. The molecule has 0 aliphatic carbocycles. The Morgan fingerprint density at radius 2 is 1.55 bits per heavy atom. The summed E-state index contributed by atoms with van der Waals surface area (Å²) in [6, 6.07) is 20.8. The number of anilines is 1. The fourth-order valence-electron chi connectivity index (χ4n) is 4.31. The van der Waals surface area contributed by atoms with Gasteiger partial charge in [-0.3, -0.25) is 14.5 Å². The molecule has 0 saturated carbocycles. The number of fused-ring (bicyclic) bond motifs is 2. The number of hydrogen-bond acceptors (Lipinski definition) is 3. The molecular formula is C27H23NO3. The third kappa shape index (κ3) is 3.07. The number of carbonyl (C=O) groups is 1. The van der Waals surface area contributed by atoms with E-state index in [1.165, 1.54) is 5.56 Å². The van der Waals surface area contributed by atoms with Crippen LogP contribution in [-0.4, -0.2) is 5.91 Å². The van der Waals surface area contributed by atoms with E-state index in [1.54, 1.807) is 11.0 Å². The van der Waals surface area contributed by atoms with Crippen molar-refractivity contribution in [2.45, 2.75) is 33.2 Å². The standard InChI is InChI=1S/C27H23NO3/c1-4-18-8-12-20(13-9-18)28-24(19-10-5-16(2)6-11-19)23-25(29)21-15-17(3)7-14-22(21)31-26(23)27(28)30/h5-15,24H,4H2,1-3H3. The van der Waals surface area contributed by atoms with E-state index in [1.807, 2.05) is 74.5 Å². The summed E-state index contributed by atoms with van der Waals surface area (Å²) >= 11 is 0. The van der Waals surface area contributed by atoms with Crippen molar-refractivity contribution in [3.05, 3.63) is 111 Å². The highest BCUT2D eigenvalue weighted by molar-refractivity contribution is 6.10. The Morgan fingerprint density at radius 3 is 2.23 bits per heavy atom. The summed E-state index contributed by atoms with van der Waals surface area (Å²) in [6.45, 7) is 6.05. The lowest BCUT2D eigenvalue weighted by molar-refractivity contribution is 0.0971. The van der Waals surface area contributed by atoms with Crippen LogP contribution in [0.2, 0.25) is 0 Å². The van der Waals surface area contributed by atoms with E-state index in [4.69, 9.17) is 4.42 Å². The maximum absolute atomic E-state index is 13.6. The van der Waals surface area contributed by atoms with Gasteiger partial charge in [-0.05, 0) is 55.7 Å². The molecule has 1 amide bonds. The van der Waals surface area contributed by atoms with Crippen molar-refractivity contribution >= 4 is 22.6 Å². The molecular weight excluding hydrogens is 386 g/mol. The zero-order valence-corrected chi connectivity index (χ0v) is 17.8. The topological polar surface area (TPSA) is 50.5 Å². The summed E-state index contributed by atoms with van der Waals surface area (Å²) in [4.78, 5) is 28.9. The van der Waals surface area contributed by atoms with Gasteiger partial charge in [0.25, 0.3) is 5.91 Å². The number of amides is 1. The van der Waals surface area contributed by atoms with Gasteiger partial charge in [-0.2, -0.15) is 0 Å². The summed E-state index contributed by atoms with van der Waals surface area (Å²) in [5, 5.41) is 0.506. The summed E-state index contributed by atoms with van der Waals surface area (Å²) in [5.41, 5.74) is 5.62. The molecule has 3 aromatic carbocycles. The highest BCUT2D eigenvalue weighted by Gasteiger charge is 2.43. The molecule has 5 rings (SSSR count). The molecule has 1 aromatic heterocycles. The molecule has 1 unspecified atom stereocenters. The molecule has 31 heavy (non-hydrogen) atoms. The number of aryl methyl sites for hydroxylation is 3. The van der Waals surface area contributed by atoms with Crippen molar-refractivity contribution in [2.75, 3.05) is 4.90 Å². The molecule has 0 saturated heterocycles.